The highest BCUT2D eigenvalue weighted by atomic mass is 35.5. The molecule has 0 amide bonds. The van der Waals surface area contributed by atoms with Gasteiger partial charge in [-0.2, -0.15) is 0 Å². The Morgan fingerprint density at radius 2 is 1.57 bits per heavy atom. The third-order valence-electron chi connectivity index (χ3n) is 4.90. The fraction of sp³-hybridized carbons (Fsp3) is 0.238. The summed E-state index contributed by atoms with van der Waals surface area (Å²) in [6.45, 7) is 2.27. The van der Waals surface area contributed by atoms with Crippen LogP contribution in [0.25, 0.3) is 17.7 Å². The molecule has 0 N–H and O–H groups in total. The molecule has 2 aromatic rings. The molecule has 0 atom stereocenters. The Balaban J connectivity index is 1.97. The molecule has 1 aliphatic carbocycles. The Kier molecular flexibility index (Phi) is 3.84. The van der Waals surface area contributed by atoms with Crippen LogP contribution in [0.1, 0.15) is 35.1 Å². The Bertz CT molecular complexity index is 806. The third-order valence-corrected chi connectivity index (χ3v) is 5.13. The van der Waals surface area contributed by atoms with Gasteiger partial charge in [0.2, 0.25) is 0 Å². The van der Waals surface area contributed by atoms with Crippen molar-refractivity contribution in [3.63, 3.8) is 0 Å². The van der Waals surface area contributed by atoms with Gasteiger partial charge < -0.3 is 4.90 Å². The van der Waals surface area contributed by atoms with Gasteiger partial charge in [-0.1, -0.05) is 59.7 Å². The van der Waals surface area contributed by atoms with Crippen LogP contribution in [0.4, 0.5) is 0 Å². The molecule has 2 aliphatic rings. The van der Waals surface area contributed by atoms with Crippen molar-refractivity contribution in [2.24, 2.45) is 0 Å². The van der Waals surface area contributed by atoms with Crippen LogP contribution in [-0.4, -0.2) is 25.0 Å². The molecule has 1 fully saturated rings. The van der Waals surface area contributed by atoms with Crippen LogP contribution >= 0.6 is 11.6 Å². The average Bonchev–Trinajstić information content (AvgIpc) is 2.72. The highest BCUT2D eigenvalue weighted by molar-refractivity contribution is 6.30. The summed E-state index contributed by atoms with van der Waals surface area (Å²) in [5.74, 6) is 0. The van der Waals surface area contributed by atoms with E-state index in [2.05, 4.69) is 60.5 Å². The second-order valence-electron chi connectivity index (χ2n) is 6.43. The molecular formula is C21H20ClN. The van der Waals surface area contributed by atoms with Crippen LogP contribution < -0.4 is 0 Å². The highest BCUT2D eigenvalue weighted by Crippen LogP contribution is 2.39. The molecule has 0 saturated carbocycles. The quantitative estimate of drug-likeness (QED) is 0.539. The topological polar surface area (TPSA) is 3.24 Å². The monoisotopic (exact) mass is 321 g/mol. The van der Waals surface area contributed by atoms with Gasteiger partial charge in [-0.05, 0) is 59.8 Å². The van der Waals surface area contributed by atoms with E-state index < -0.39 is 0 Å². The molecule has 1 aliphatic heterocycles. The van der Waals surface area contributed by atoms with Crippen LogP contribution in [0.5, 0.6) is 0 Å². The lowest BCUT2D eigenvalue weighted by Gasteiger charge is -2.27. The highest BCUT2D eigenvalue weighted by Gasteiger charge is 2.21. The minimum Gasteiger partial charge on any atom is -0.306 e. The molecule has 0 bridgehead atoms. The lowest BCUT2D eigenvalue weighted by atomic mass is 9.86. The zero-order valence-electron chi connectivity index (χ0n) is 13.3. The molecule has 0 radical (unpaired) electrons. The molecule has 4 rings (SSSR count). The number of hydrogen-bond acceptors (Lipinski definition) is 1. The van der Waals surface area contributed by atoms with Crippen molar-refractivity contribution in [1.29, 1.82) is 0 Å². The standard InChI is InChI=1S/C21H20ClN/c1-23-12-10-16(11-13-23)21-19-5-3-2-4-15(19)6-7-17-14-18(22)8-9-20(17)21/h2-9,14H,10-13H2,1H3. The number of hydrogen-bond donors (Lipinski definition) is 0. The van der Waals surface area contributed by atoms with Crippen LogP contribution in [0, 0.1) is 0 Å². The first-order valence-corrected chi connectivity index (χ1v) is 8.58. The van der Waals surface area contributed by atoms with Crippen LogP contribution in [0.3, 0.4) is 0 Å². The maximum atomic E-state index is 6.24. The Morgan fingerprint density at radius 3 is 2.39 bits per heavy atom. The summed E-state index contributed by atoms with van der Waals surface area (Å²) < 4.78 is 0. The van der Waals surface area contributed by atoms with Crippen molar-refractivity contribution >= 4 is 29.3 Å². The van der Waals surface area contributed by atoms with E-state index in [1.54, 1.807) is 5.57 Å². The van der Waals surface area contributed by atoms with E-state index in [0.717, 1.165) is 31.0 Å². The first-order valence-electron chi connectivity index (χ1n) is 8.20. The average molecular weight is 322 g/mol. The van der Waals surface area contributed by atoms with E-state index in [-0.39, 0.29) is 0 Å². The summed E-state index contributed by atoms with van der Waals surface area (Å²) in [6, 6.07) is 15.0. The second-order valence-corrected chi connectivity index (χ2v) is 6.87. The fourth-order valence-electron chi connectivity index (χ4n) is 3.61. The lowest BCUT2D eigenvalue weighted by Crippen LogP contribution is -2.27. The van der Waals surface area contributed by atoms with Crippen LogP contribution in [-0.2, 0) is 0 Å². The predicted octanol–water partition coefficient (Wildman–Crippen LogP) is 5.35. The Labute approximate surface area is 142 Å². The SMILES string of the molecule is CN1CCC(=C2c3ccccc3C=Cc3cc(Cl)ccc32)CC1. The van der Waals surface area contributed by atoms with Crippen molar-refractivity contribution in [1.82, 2.24) is 4.90 Å². The molecule has 2 heteroatoms. The first kappa shape index (κ1) is 14.7. The van der Waals surface area contributed by atoms with Gasteiger partial charge in [0, 0.05) is 18.1 Å². The summed E-state index contributed by atoms with van der Waals surface area (Å²) >= 11 is 6.24. The second kappa shape index (κ2) is 5.99. The van der Waals surface area contributed by atoms with E-state index >= 15 is 0 Å². The zero-order valence-corrected chi connectivity index (χ0v) is 14.1. The number of benzene rings is 2. The molecule has 0 unspecified atom stereocenters. The summed E-state index contributed by atoms with van der Waals surface area (Å²) in [5, 5.41) is 0.798. The maximum absolute atomic E-state index is 6.24. The van der Waals surface area contributed by atoms with Gasteiger partial charge in [0.1, 0.15) is 0 Å². The van der Waals surface area contributed by atoms with Crippen molar-refractivity contribution < 1.29 is 0 Å². The number of nitrogens with zero attached hydrogens (tertiary/aromatic N) is 1. The molecule has 0 aromatic heterocycles. The molecule has 1 heterocycles. The van der Waals surface area contributed by atoms with Crippen LogP contribution in [0.15, 0.2) is 48.0 Å². The Hall–Kier alpha value is -1.83. The number of fused-ring (bicyclic) bond motifs is 2. The minimum atomic E-state index is 0.798. The van der Waals surface area contributed by atoms with Crippen LogP contribution in [0.2, 0.25) is 5.02 Å². The molecule has 0 spiro atoms. The van der Waals surface area contributed by atoms with Gasteiger partial charge in [0.25, 0.3) is 0 Å². The van der Waals surface area contributed by atoms with Gasteiger partial charge >= 0.3 is 0 Å². The number of piperidine rings is 1. The predicted molar refractivity (Wildman–Crippen MR) is 99.6 cm³/mol. The maximum Gasteiger partial charge on any atom is 0.0412 e. The van der Waals surface area contributed by atoms with E-state index in [1.807, 2.05) is 6.07 Å². The first-order chi connectivity index (χ1) is 11.2. The minimum absolute atomic E-state index is 0.798. The van der Waals surface area contributed by atoms with Crippen molar-refractivity contribution in [2.75, 3.05) is 20.1 Å². The van der Waals surface area contributed by atoms with Gasteiger partial charge in [-0.3, -0.25) is 0 Å². The fourth-order valence-corrected chi connectivity index (χ4v) is 3.79. The normalized spacial score (nSPS) is 17.7. The summed E-state index contributed by atoms with van der Waals surface area (Å²) in [7, 11) is 2.21. The van der Waals surface area contributed by atoms with Gasteiger partial charge in [-0.25, -0.2) is 0 Å². The van der Waals surface area contributed by atoms with Crippen molar-refractivity contribution in [2.45, 2.75) is 12.8 Å². The van der Waals surface area contributed by atoms with Gasteiger partial charge in [0.15, 0.2) is 0 Å². The number of halogens is 1. The molecule has 1 saturated heterocycles. The lowest BCUT2D eigenvalue weighted by molar-refractivity contribution is 0.313. The Morgan fingerprint density at radius 1 is 0.870 bits per heavy atom. The van der Waals surface area contributed by atoms with E-state index in [1.165, 1.54) is 27.8 Å². The van der Waals surface area contributed by atoms with E-state index in [4.69, 9.17) is 11.6 Å². The van der Waals surface area contributed by atoms with E-state index in [0.29, 0.717) is 0 Å². The number of likely N-dealkylation sites (tertiary alicyclic amines) is 1. The number of rotatable bonds is 0. The van der Waals surface area contributed by atoms with Gasteiger partial charge in [-0.15, -0.1) is 0 Å². The zero-order chi connectivity index (χ0) is 15.8. The van der Waals surface area contributed by atoms with Crippen molar-refractivity contribution in [3.05, 3.63) is 75.3 Å². The summed E-state index contributed by atoms with van der Waals surface area (Å²) in [5.41, 5.74) is 8.17. The summed E-state index contributed by atoms with van der Waals surface area (Å²) in [4.78, 5) is 2.41. The van der Waals surface area contributed by atoms with E-state index in [9.17, 15) is 0 Å². The molecular weight excluding hydrogens is 302 g/mol. The molecule has 23 heavy (non-hydrogen) atoms. The molecule has 1 nitrogen and oxygen atoms in total. The molecule has 2 aromatic carbocycles. The van der Waals surface area contributed by atoms with Gasteiger partial charge in [0.05, 0.1) is 0 Å². The largest absolute Gasteiger partial charge is 0.306 e. The summed E-state index contributed by atoms with van der Waals surface area (Å²) in [6.07, 6.45) is 6.69. The third kappa shape index (κ3) is 2.75. The smallest absolute Gasteiger partial charge is 0.0412 e. The van der Waals surface area contributed by atoms with Crippen molar-refractivity contribution in [3.8, 4) is 0 Å². The molecule has 116 valence electrons.